The van der Waals surface area contributed by atoms with E-state index in [-0.39, 0.29) is 17.4 Å². The Kier molecular flexibility index (Phi) is 7.63. The fraction of sp³-hybridized carbons (Fsp3) is 0.250. The minimum absolute atomic E-state index is 0. The maximum atomic E-state index is 2.12. The maximum absolute atomic E-state index is 2.12. The van der Waals surface area contributed by atoms with Gasteiger partial charge in [0.1, 0.15) is 0 Å². The predicted octanol–water partition coefficient (Wildman–Crippen LogP) is 4.60. The summed E-state index contributed by atoms with van der Waals surface area (Å²) in [7, 11) is 0. The van der Waals surface area contributed by atoms with Crippen molar-refractivity contribution >= 4 is 0 Å². The molecule has 0 bridgehead atoms. The Bertz CT molecular complexity index is 327. The van der Waals surface area contributed by atoms with E-state index >= 15 is 0 Å². The van der Waals surface area contributed by atoms with Crippen molar-refractivity contribution in [1.82, 2.24) is 0 Å². The van der Waals surface area contributed by atoms with Crippen molar-refractivity contribution in [3.63, 3.8) is 0 Å². The van der Waals surface area contributed by atoms with Crippen LogP contribution in [0, 0.1) is 27.7 Å². The molecular weight excluding hydrogens is 244 g/mol. The topological polar surface area (TPSA) is 0 Å². The van der Waals surface area contributed by atoms with Gasteiger partial charge < -0.3 is 0 Å². The molecule has 0 saturated heterocycles. The normalized spacial score (nSPS) is 8.71. The van der Waals surface area contributed by atoms with Gasteiger partial charge in [-0.1, -0.05) is 70.8 Å². The molecule has 0 fully saturated rings. The van der Waals surface area contributed by atoms with E-state index in [4.69, 9.17) is 0 Å². The van der Waals surface area contributed by atoms with Crippen molar-refractivity contribution in [3.8, 4) is 0 Å². The second-order valence-corrected chi connectivity index (χ2v) is 4.31. The van der Waals surface area contributed by atoms with Crippen molar-refractivity contribution < 1.29 is 17.4 Å². The van der Waals surface area contributed by atoms with Crippen LogP contribution >= 0.6 is 0 Å². The Morgan fingerprint density at radius 1 is 0.412 bits per heavy atom. The molecule has 0 aliphatic carbocycles. The summed E-state index contributed by atoms with van der Waals surface area (Å²) in [5.74, 6) is 0. The molecule has 2 aromatic carbocycles. The molecule has 0 saturated carbocycles. The van der Waals surface area contributed by atoms with Gasteiger partial charge in [-0.05, 0) is 27.7 Å². The predicted molar refractivity (Wildman–Crippen MR) is 71.8 cm³/mol. The third kappa shape index (κ3) is 7.00. The molecule has 0 N–H and O–H groups in total. The molecule has 0 unspecified atom stereocenters. The fourth-order valence-corrected chi connectivity index (χ4v) is 1.27. The van der Waals surface area contributed by atoms with Crippen LogP contribution in [0.5, 0.6) is 0 Å². The molecular formula is C16H20Cr+2. The number of benzene rings is 2. The van der Waals surface area contributed by atoms with Gasteiger partial charge in [0.15, 0.2) is 0 Å². The van der Waals surface area contributed by atoms with Crippen LogP contribution in [-0.4, -0.2) is 0 Å². The molecule has 0 aromatic heterocycles. The van der Waals surface area contributed by atoms with Crippen molar-refractivity contribution in [2.45, 2.75) is 27.7 Å². The van der Waals surface area contributed by atoms with Crippen molar-refractivity contribution in [2.75, 3.05) is 0 Å². The number of hydrogen-bond donors (Lipinski definition) is 0. The molecule has 2 rings (SSSR count). The number of rotatable bonds is 0. The standard InChI is InChI=1S/2C8H10.Cr/c2*1-7-3-5-8(2)6-4-7;/h2*3-6H,1-2H3;/q;;+2. The van der Waals surface area contributed by atoms with E-state index in [1.807, 2.05) is 0 Å². The minimum atomic E-state index is 0. The summed E-state index contributed by atoms with van der Waals surface area (Å²) < 4.78 is 0. The van der Waals surface area contributed by atoms with Crippen LogP contribution < -0.4 is 0 Å². The zero-order valence-electron chi connectivity index (χ0n) is 11.0. The summed E-state index contributed by atoms with van der Waals surface area (Å²) in [6, 6.07) is 17.0. The quantitative estimate of drug-likeness (QED) is 0.652. The monoisotopic (exact) mass is 264 g/mol. The Labute approximate surface area is 116 Å². The molecule has 2 aromatic rings. The molecule has 0 aliphatic rings. The first-order valence-electron chi connectivity index (χ1n) is 5.64. The van der Waals surface area contributed by atoms with E-state index in [0.29, 0.717) is 0 Å². The maximum Gasteiger partial charge on any atom is 2.00 e. The van der Waals surface area contributed by atoms with E-state index in [2.05, 4.69) is 76.2 Å². The summed E-state index contributed by atoms with van der Waals surface area (Å²) in [6.45, 7) is 8.39. The second-order valence-electron chi connectivity index (χ2n) is 4.31. The molecule has 1 heteroatoms. The largest absolute Gasteiger partial charge is 2.00 e. The van der Waals surface area contributed by atoms with E-state index in [1.165, 1.54) is 22.3 Å². The molecule has 0 nitrogen and oxygen atoms in total. The SMILES string of the molecule is Cc1ccc(C)cc1.Cc1ccc(C)cc1.[Cr+2]. The average molecular weight is 264 g/mol. The van der Waals surface area contributed by atoms with Crippen LogP contribution in [0.25, 0.3) is 0 Å². The zero-order chi connectivity index (χ0) is 12.0. The van der Waals surface area contributed by atoms with Crippen LogP contribution in [0.15, 0.2) is 48.5 Å². The third-order valence-electron chi connectivity index (χ3n) is 2.44. The van der Waals surface area contributed by atoms with Crippen LogP contribution in [0.2, 0.25) is 0 Å². The summed E-state index contributed by atoms with van der Waals surface area (Å²) in [5.41, 5.74) is 5.32. The van der Waals surface area contributed by atoms with Gasteiger partial charge in [0.2, 0.25) is 0 Å². The third-order valence-corrected chi connectivity index (χ3v) is 2.44. The van der Waals surface area contributed by atoms with Crippen molar-refractivity contribution in [1.29, 1.82) is 0 Å². The smallest absolute Gasteiger partial charge is 0.0591 e. The second kappa shape index (κ2) is 8.12. The van der Waals surface area contributed by atoms with Gasteiger partial charge in [-0.3, -0.25) is 0 Å². The summed E-state index contributed by atoms with van der Waals surface area (Å²) in [5, 5.41) is 0. The Hall–Kier alpha value is -1.03. The first-order chi connectivity index (χ1) is 7.58. The molecule has 0 heterocycles. The molecule has 17 heavy (non-hydrogen) atoms. The van der Waals surface area contributed by atoms with Crippen molar-refractivity contribution in [3.05, 3.63) is 70.8 Å². The Morgan fingerprint density at radius 2 is 0.529 bits per heavy atom. The Morgan fingerprint density at radius 3 is 0.647 bits per heavy atom. The molecule has 0 spiro atoms. The zero-order valence-corrected chi connectivity index (χ0v) is 12.3. The summed E-state index contributed by atoms with van der Waals surface area (Å²) >= 11 is 0. The average Bonchev–Trinajstić information content (AvgIpc) is 2.28. The molecule has 0 atom stereocenters. The van der Waals surface area contributed by atoms with Gasteiger partial charge >= 0.3 is 17.4 Å². The van der Waals surface area contributed by atoms with Gasteiger partial charge in [-0.25, -0.2) is 0 Å². The molecule has 0 aliphatic heterocycles. The van der Waals surface area contributed by atoms with E-state index < -0.39 is 0 Å². The molecule has 0 amide bonds. The van der Waals surface area contributed by atoms with Gasteiger partial charge in [0, 0.05) is 0 Å². The summed E-state index contributed by atoms with van der Waals surface area (Å²) in [6.07, 6.45) is 0. The van der Waals surface area contributed by atoms with Gasteiger partial charge in [0.05, 0.1) is 0 Å². The summed E-state index contributed by atoms with van der Waals surface area (Å²) in [4.78, 5) is 0. The molecule has 0 radical (unpaired) electrons. The van der Waals surface area contributed by atoms with Gasteiger partial charge in [0.25, 0.3) is 0 Å². The fourth-order valence-electron chi connectivity index (χ4n) is 1.27. The van der Waals surface area contributed by atoms with E-state index in [1.54, 1.807) is 0 Å². The first-order valence-corrected chi connectivity index (χ1v) is 5.64. The van der Waals surface area contributed by atoms with Crippen LogP contribution in [0.4, 0.5) is 0 Å². The van der Waals surface area contributed by atoms with Gasteiger partial charge in [-0.2, -0.15) is 0 Å². The minimum Gasteiger partial charge on any atom is -0.0591 e. The Balaban J connectivity index is 0.000000284. The van der Waals surface area contributed by atoms with Gasteiger partial charge in [-0.15, -0.1) is 0 Å². The number of aryl methyl sites for hydroxylation is 4. The van der Waals surface area contributed by atoms with Crippen LogP contribution in [-0.2, 0) is 17.4 Å². The van der Waals surface area contributed by atoms with Crippen LogP contribution in [0.1, 0.15) is 22.3 Å². The first kappa shape index (κ1) is 16.0. The van der Waals surface area contributed by atoms with E-state index in [9.17, 15) is 0 Å². The van der Waals surface area contributed by atoms with E-state index in [0.717, 1.165) is 0 Å². The number of hydrogen-bond acceptors (Lipinski definition) is 0. The van der Waals surface area contributed by atoms with Crippen molar-refractivity contribution in [2.24, 2.45) is 0 Å². The van der Waals surface area contributed by atoms with Crippen LogP contribution in [0.3, 0.4) is 0 Å². The molecule has 88 valence electrons.